The van der Waals surface area contributed by atoms with Gasteiger partial charge in [0, 0.05) is 12.1 Å². The van der Waals surface area contributed by atoms with E-state index in [1.807, 2.05) is 50.2 Å². The summed E-state index contributed by atoms with van der Waals surface area (Å²) in [5.74, 6) is 2.84. The molecule has 1 aliphatic rings. The van der Waals surface area contributed by atoms with E-state index in [-0.39, 0.29) is 29.7 Å². The maximum absolute atomic E-state index is 13.2. The third kappa shape index (κ3) is 3.90. The number of ether oxygens (including phenoxy) is 4. The highest BCUT2D eigenvalue weighted by Crippen LogP contribution is 2.39. The summed E-state index contributed by atoms with van der Waals surface area (Å²) in [6, 6.07) is 11.4. The van der Waals surface area contributed by atoms with Crippen LogP contribution in [-0.2, 0) is 4.79 Å². The third-order valence-electron chi connectivity index (χ3n) is 5.99. The molecule has 4 atom stereocenters. The van der Waals surface area contributed by atoms with Gasteiger partial charge in [0.05, 0.1) is 51.4 Å². The lowest BCUT2D eigenvalue weighted by Crippen LogP contribution is -2.91. The zero-order chi connectivity index (χ0) is 21.1. The fourth-order valence-corrected chi connectivity index (χ4v) is 4.26. The molecule has 1 saturated heterocycles. The number of carbonyl (C=O) groups excluding carboxylic acids is 1. The van der Waals surface area contributed by atoms with Crippen molar-refractivity contribution in [1.82, 2.24) is 0 Å². The molecule has 0 amide bonds. The van der Waals surface area contributed by atoms with E-state index in [1.165, 1.54) is 0 Å². The Kier molecular flexibility index (Phi) is 6.33. The molecular formula is C23H30NO5+. The number of piperidine rings is 1. The first-order valence-corrected chi connectivity index (χ1v) is 9.77. The van der Waals surface area contributed by atoms with E-state index >= 15 is 0 Å². The van der Waals surface area contributed by atoms with Crippen molar-refractivity contribution in [1.29, 1.82) is 0 Å². The van der Waals surface area contributed by atoms with Crippen LogP contribution in [0.5, 0.6) is 23.0 Å². The molecule has 2 aromatic carbocycles. The van der Waals surface area contributed by atoms with Gasteiger partial charge in [-0.1, -0.05) is 0 Å². The Morgan fingerprint density at radius 1 is 0.690 bits per heavy atom. The highest BCUT2D eigenvalue weighted by atomic mass is 16.5. The van der Waals surface area contributed by atoms with Crippen LogP contribution in [0.3, 0.4) is 0 Å². The van der Waals surface area contributed by atoms with Crippen molar-refractivity contribution in [2.24, 2.45) is 11.8 Å². The van der Waals surface area contributed by atoms with Gasteiger partial charge in [0.2, 0.25) is 0 Å². The summed E-state index contributed by atoms with van der Waals surface area (Å²) in [5.41, 5.74) is 1.97. The molecule has 3 rings (SSSR count). The fraction of sp³-hybridized carbons (Fsp3) is 0.435. The second-order valence-electron chi connectivity index (χ2n) is 7.44. The Balaban J connectivity index is 2.03. The molecule has 0 spiro atoms. The van der Waals surface area contributed by atoms with Crippen LogP contribution in [0.25, 0.3) is 0 Å². The first-order chi connectivity index (χ1) is 13.9. The average Bonchev–Trinajstić information content (AvgIpc) is 2.77. The summed E-state index contributed by atoms with van der Waals surface area (Å²) < 4.78 is 21.9. The predicted octanol–water partition coefficient (Wildman–Crippen LogP) is 2.92. The van der Waals surface area contributed by atoms with Crippen LogP contribution in [0, 0.1) is 11.8 Å². The quantitative estimate of drug-likeness (QED) is 0.807. The minimum Gasteiger partial charge on any atom is -0.497 e. The van der Waals surface area contributed by atoms with Crippen molar-refractivity contribution in [3.05, 3.63) is 47.5 Å². The van der Waals surface area contributed by atoms with E-state index in [1.54, 1.807) is 28.4 Å². The summed E-state index contributed by atoms with van der Waals surface area (Å²) in [6.07, 6.45) is 0. The van der Waals surface area contributed by atoms with Gasteiger partial charge in [-0.2, -0.15) is 0 Å². The molecule has 0 radical (unpaired) electrons. The van der Waals surface area contributed by atoms with Crippen LogP contribution < -0.4 is 24.3 Å². The second kappa shape index (κ2) is 8.74. The molecule has 6 nitrogen and oxygen atoms in total. The second-order valence-corrected chi connectivity index (χ2v) is 7.44. The van der Waals surface area contributed by atoms with E-state index in [0.29, 0.717) is 0 Å². The van der Waals surface area contributed by atoms with Crippen molar-refractivity contribution >= 4 is 5.78 Å². The first kappa shape index (κ1) is 21.0. The highest BCUT2D eigenvalue weighted by molar-refractivity contribution is 5.85. The summed E-state index contributed by atoms with van der Waals surface area (Å²) in [6.45, 7) is 3.98. The van der Waals surface area contributed by atoms with Gasteiger partial charge in [-0.05, 0) is 38.1 Å². The number of Topliss-reactive ketones (excluding diaryl/α,β-unsaturated/α-hetero) is 1. The molecule has 2 N–H and O–H groups in total. The van der Waals surface area contributed by atoms with E-state index in [2.05, 4.69) is 5.32 Å². The summed E-state index contributed by atoms with van der Waals surface area (Å²) in [4.78, 5) is 13.2. The largest absolute Gasteiger partial charge is 0.497 e. The summed E-state index contributed by atoms with van der Waals surface area (Å²) in [5, 5.41) is 2.26. The minimum atomic E-state index is -0.146. The van der Waals surface area contributed by atoms with E-state index < -0.39 is 0 Å². The van der Waals surface area contributed by atoms with Gasteiger partial charge in [-0.3, -0.25) is 4.79 Å². The SMILES string of the molecule is COc1ccc([C@H]2[NH2+][C@@H](c3ccc(OC)cc3OC)[C@H](C)C(=O)[C@H]2C)c(OC)c1. The lowest BCUT2D eigenvalue weighted by atomic mass is 9.76. The predicted molar refractivity (Wildman–Crippen MR) is 110 cm³/mol. The van der Waals surface area contributed by atoms with Crippen LogP contribution >= 0.6 is 0 Å². The number of ketones is 1. The van der Waals surface area contributed by atoms with Crippen LogP contribution in [0.1, 0.15) is 37.1 Å². The standard InChI is InChI=1S/C23H29NO5/c1-13-21(17-9-7-15(26-3)11-19(17)28-5)24-22(14(2)23(13)25)18-10-8-16(27-4)12-20(18)29-6/h7-14,21-22,24H,1-6H3/p+1/t13-,14-,21-,22+/m0/s1. The summed E-state index contributed by atoms with van der Waals surface area (Å²) in [7, 11) is 6.53. The topological polar surface area (TPSA) is 70.6 Å². The van der Waals surface area contributed by atoms with Gasteiger partial charge in [0.1, 0.15) is 35.1 Å². The number of hydrogen-bond donors (Lipinski definition) is 1. The zero-order valence-corrected chi connectivity index (χ0v) is 17.9. The Hall–Kier alpha value is -2.73. The van der Waals surface area contributed by atoms with Crippen molar-refractivity contribution < 1.29 is 29.1 Å². The van der Waals surface area contributed by atoms with Crippen molar-refractivity contribution in [3.63, 3.8) is 0 Å². The van der Waals surface area contributed by atoms with Gasteiger partial charge < -0.3 is 24.3 Å². The van der Waals surface area contributed by atoms with E-state index in [0.717, 1.165) is 34.1 Å². The van der Waals surface area contributed by atoms with Crippen molar-refractivity contribution in [3.8, 4) is 23.0 Å². The maximum atomic E-state index is 13.2. The minimum absolute atomic E-state index is 0.0728. The van der Waals surface area contributed by atoms with E-state index in [9.17, 15) is 4.79 Å². The number of quaternary nitrogens is 1. The number of rotatable bonds is 6. The first-order valence-electron chi connectivity index (χ1n) is 9.77. The van der Waals surface area contributed by atoms with Crippen LogP contribution in [0.15, 0.2) is 36.4 Å². The molecule has 0 bridgehead atoms. The van der Waals surface area contributed by atoms with Crippen LogP contribution in [-0.4, -0.2) is 34.2 Å². The molecule has 1 heterocycles. The lowest BCUT2D eigenvalue weighted by Gasteiger charge is -2.37. The number of carbonyl (C=O) groups is 1. The van der Waals surface area contributed by atoms with E-state index in [4.69, 9.17) is 18.9 Å². The molecule has 6 heteroatoms. The summed E-state index contributed by atoms with van der Waals surface area (Å²) >= 11 is 0. The average molecular weight is 400 g/mol. The van der Waals surface area contributed by atoms with Gasteiger partial charge in [-0.25, -0.2) is 0 Å². The van der Waals surface area contributed by atoms with Crippen LogP contribution in [0.4, 0.5) is 0 Å². The smallest absolute Gasteiger partial charge is 0.151 e. The maximum Gasteiger partial charge on any atom is 0.151 e. The van der Waals surface area contributed by atoms with Gasteiger partial charge in [0.15, 0.2) is 5.78 Å². The molecule has 1 fully saturated rings. The molecule has 0 saturated carbocycles. The number of methoxy groups -OCH3 is 4. The third-order valence-corrected chi connectivity index (χ3v) is 5.99. The number of hydrogen-bond acceptors (Lipinski definition) is 5. The van der Waals surface area contributed by atoms with Crippen molar-refractivity contribution in [2.45, 2.75) is 25.9 Å². The normalized spacial score (nSPS) is 24.1. The fourth-order valence-electron chi connectivity index (χ4n) is 4.26. The van der Waals surface area contributed by atoms with Gasteiger partial charge >= 0.3 is 0 Å². The molecule has 0 aliphatic carbocycles. The Labute approximate surface area is 172 Å². The van der Waals surface area contributed by atoms with Gasteiger partial charge in [0.25, 0.3) is 0 Å². The van der Waals surface area contributed by atoms with Crippen molar-refractivity contribution in [2.75, 3.05) is 28.4 Å². The molecule has 0 aromatic heterocycles. The Morgan fingerprint density at radius 2 is 1.10 bits per heavy atom. The molecule has 2 aromatic rings. The Morgan fingerprint density at radius 3 is 1.45 bits per heavy atom. The zero-order valence-electron chi connectivity index (χ0n) is 17.9. The molecular weight excluding hydrogens is 370 g/mol. The number of benzene rings is 2. The molecule has 0 unspecified atom stereocenters. The molecule has 156 valence electrons. The lowest BCUT2D eigenvalue weighted by molar-refractivity contribution is -0.748. The monoisotopic (exact) mass is 400 g/mol. The molecule has 1 aliphatic heterocycles. The van der Waals surface area contributed by atoms with Gasteiger partial charge in [-0.15, -0.1) is 0 Å². The number of nitrogens with two attached hydrogens (primary N) is 1. The van der Waals surface area contributed by atoms with Crippen LogP contribution in [0.2, 0.25) is 0 Å². The highest BCUT2D eigenvalue weighted by Gasteiger charge is 2.45. The molecule has 29 heavy (non-hydrogen) atoms. The Bertz CT molecular complexity index is 812.